The lowest BCUT2D eigenvalue weighted by atomic mass is 9.88. The highest BCUT2D eigenvalue weighted by Gasteiger charge is 2.20. The average molecular weight is 334 g/mol. The highest BCUT2D eigenvalue weighted by molar-refractivity contribution is 7.71. The van der Waals surface area contributed by atoms with Crippen molar-refractivity contribution in [1.82, 2.24) is 9.13 Å². The lowest BCUT2D eigenvalue weighted by Gasteiger charge is -2.25. The van der Waals surface area contributed by atoms with Crippen LogP contribution in [-0.4, -0.2) is 9.13 Å². The summed E-state index contributed by atoms with van der Waals surface area (Å²) in [6.07, 6.45) is 8.75. The third-order valence-electron chi connectivity index (χ3n) is 5.07. The molecule has 122 valence electrons. The zero-order valence-electron chi connectivity index (χ0n) is 13.8. The monoisotopic (exact) mass is 334 g/mol. The number of fused-ring (bicyclic) bond motifs is 1. The molecule has 0 fully saturated rings. The van der Waals surface area contributed by atoms with Crippen LogP contribution in [0.25, 0.3) is 0 Å². The zero-order valence-corrected chi connectivity index (χ0v) is 14.6. The molecule has 0 amide bonds. The van der Waals surface area contributed by atoms with Gasteiger partial charge in [0.15, 0.2) is 4.77 Å². The van der Waals surface area contributed by atoms with Gasteiger partial charge in [-0.2, -0.15) is 0 Å². The zero-order chi connectivity index (χ0) is 16.4. The fourth-order valence-electron chi connectivity index (χ4n) is 3.69. The third kappa shape index (κ3) is 3.09. The topological polar surface area (TPSA) is 9.86 Å². The van der Waals surface area contributed by atoms with Gasteiger partial charge in [-0.1, -0.05) is 54.6 Å². The van der Waals surface area contributed by atoms with E-state index in [1.165, 1.54) is 23.1 Å². The highest BCUT2D eigenvalue weighted by Crippen LogP contribution is 2.29. The van der Waals surface area contributed by atoms with E-state index in [0.717, 1.165) is 30.6 Å². The van der Waals surface area contributed by atoms with Crippen LogP contribution >= 0.6 is 12.2 Å². The Morgan fingerprint density at radius 1 is 0.917 bits per heavy atom. The predicted octanol–water partition coefficient (Wildman–Crippen LogP) is 4.99. The molecule has 0 bridgehead atoms. The van der Waals surface area contributed by atoms with E-state index in [9.17, 15) is 0 Å². The van der Waals surface area contributed by atoms with E-state index in [1.54, 1.807) is 0 Å². The van der Waals surface area contributed by atoms with Crippen LogP contribution in [0.1, 0.15) is 29.2 Å². The van der Waals surface area contributed by atoms with Gasteiger partial charge < -0.3 is 9.13 Å². The molecule has 1 unspecified atom stereocenters. The van der Waals surface area contributed by atoms with Crippen LogP contribution in [0.5, 0.6) is 0 Å². The second-order valence-electron chi connectivity index (χ2n) is 6.58. The largest absolute Gasteiger partial charge is 0.323 e. The van der Waals surface area contributed by atoms with Gasteiger partial charge in [0.2, 0.25) is 0 Å². The first-order chi connectivity index (χ1) is 11.8. The number of aromatic nitrogens is 2. The molecule has 0 saturated heterocycles. The molecular weight excluding hydrogens is 312 g/mol. The molecule has 1 heterocycles. The lowest BCUT2D eigenvalue weighted by molar-refractivity contribution is 0.432. The van der Waals surface area contributed by atoms with Gasteiger partial charge in [-0.05, 0) is 54.6 Å². The molecule has 1 aromatic heterocycles. The Morgan fingerprint density at radius 2 is 1.67 bits per heavy atom. The van der Waals surface area contributed by atoms with E-state index >= 15 is 0 Å². The summed E-state index contributed by atoms with van der Waals surface area (Å²) >= 11 is 5.75. The molecule has 0 aliphatic heterocycles. The predicted molar refractivity (Wildman–Crippen MR) is 101 cm³/mol. The van der Waals surface area contributed by atoms with E-state index in [4.69, 9.17) is 12.2 Å². The first kappa shape index (κ1) is 15.4. The molecule has 1 aliphatic carbocycles. The Hall–Kier alpha value is -2.13. The van der Waals surface area contributed by atoms with Gasteiger partial charge in [0.05, 0.1) is 0 Å². The number of rotatable bonds is 4. The Balaban J connectivity index is 1.50. The van der Waals surface area contributed by atoms with Crippen molar-refractivity contribution in [1.29, 1.82) is 0 Å². The molecule has 0 N–H and O–H groups in total. The van der Waals surface area contributed by atoms with Crippen molar-refractivity contribution in [3.63, 3.8) is 0 Å². The molecule has 1 aliphatic rings. The van der Waals surface area contributed by atoms with Gasteiger partial charge in [-0.3, -0.25) is 0 Å². The quantitative estimate of drug-likeness (QED) is 0.611. The van der Waals surface area contributed by atoms with Crippen LogP contribution in [-0.2, 0) is 25.8 Å². The maximum absolute atomic E-state index is 5.75. The van der Waals surface area contributed by atoms with E-state index < -0.39 is 0 Å². The van der Waals surface area contributed by atoms with E-state index in [1.807, 2.05) is 0 Å². The van der Waals surface area contributed by atoms with Crippen molar-refractivity contribution in [3.05, 3.63) is 88.5 Å². The minimum absolute atomic E-state index is 0.491. The second kappa shape index (κ2) is 6.78. The third-order valence-corrected chi connectivity index (χ3v) is 5.52. The summed E-state index contributed by atoms with van der Waals surface area (Å²) in [4.78, 5) is 0. The average Bonchev–Trinajstić information content (AvgIpc) is 3.01. The summed E-state index contributed by atoms with van der Waals surface area (Å²) in [5.41, 5.74) is 4.34. The first-order valence-electron chi connectivity index (χ1n) is 8.69. The van der Waals surface area contributed by atoms with Gasteiger partial charge in [-0.25, -0.2) is 0 Å². The molecule has 2 aromatic carbocycles. The van der Waals surface area contributed by atoms with Gasteiger partial charge >= 0.3 is 0 Å². The normalized spacial score (nSPS) is 16.8. The second-order valence-corrected chi connectivity index (χ2v) is 6.95. The van der Waals surface area contributed by atoms with Crippen molar-refractivity contribution in [2.45, 2.75) is 38.3 Å². The summed E-state index contributed by atoms with van der Waals surface area (Å²) < 4.78 is 5.47. The molecule has 24 heavy (non-hydrogen) atoms. The molecule has 3 aromatic rings. The minimum Gasteiger partial charge on any atom is -0.323 e. The van der Waals surface area contributed by atoms with Crippen molar-refractivity contribution in [2.75, 3.05) is 0 Å². The number of aryl methyl sites for hydroxylation is 3. The standard InChI is InChI=1S/C21H22N2S/c24-21-22(13-12-17-6-2-1-3-7-17)14-15-23(21)20-11-10-18-8-4-5-9-19(18)16-20/h1-9,14-15,20H,10-13,16H2. The maximum Gasteiger partial charge on any atom is 0.180 e. The highest BCUT2D eigenvalue weighted by atomic mass is 32.1. The summed E-state index contributed by atoms with van der Waals surface area (Å²) in [6, 6.07) is 19.9. The van der Waals surface area contributed by atoms with Crippen LogP contribution < -0.4 is 0 Å². The van der Waals surface area contributed by atoms with E-state index in [0.29, 0.717) is 6.04 Å². The lowest BCUT2D eigenvalue weighted by Crippen LogP contribution is -2.18. The molecule has 3 heteroatoms. The molecule has 0 spiro atoms. The summed E-state index contributed by atoms with van der Waals surface area (Å²) in [5.74, 6) is 0. The van der Waals surface area contributed by atoms with Crippen molar-refractivity contribution in [3.8, 4) is 0 Å². The van der Waals surface area contributed by atoms with E-state index in [2.05, 4.69) is 76.1 Å². The van der Waals surface area contributed by atoms with E-state index in [-0.39, 0.29) is 0 Å². The van der Waals surface area contributed by atoms with Crippen LogP contribution in [0.2, 0.25) is 0 Å². The molecule has 2 nitrogen and oxygen atoms in total. The summed E-state index contributed by atoms with van der Waals surface area (Å²) in [6.45, 7) is 0.944. The smallest absolute Gasteiger partial charge is 0.180 e. The summed E-state index contributed by atoms with van der Waals surface area (Å²) in [5, 5.41) is 0. The van der Waals surface area contributed by atoms with Crippen molar-refractivity contribution in [2.24, 2.45) is 0 Å². The van der Waals surface area contributed by atoms with Gasteiger partial charge in [0.25, 0.3) is 0 Å². The fraction of sp³-hybridized carbons (Fsp3) is 0.286. The van der Waals surface area contributed by atoms with Gasteiger partial charge in [0.1, 0.15) is 0 Å². The Morgan fingerprint density at radius 3 is 2.50 bits per heavy atom. The van der Waals surface area contributed by atoms with Gasteiger partial charge in [-0.15, -0.1) is 0 Å². The first-order valence-corrected chi connectivity index (χ1v) is 9.10. The number of nitrogens with zero attached hydrogens (tertiary/aromatic N) is 2. The molecular formula is C21H22N2S. The summed E-state index contributed by atoms with van der Waals surface area (Å²) in [7, 11) is 0. The van der Waals surface area contributed by atoms with Crippen molar-refractivity contribution < 1.29 is 0 Å². The number of benzene rings is 2. The number of hydrogen-bond acceptors (Lipinski definition) is 1. The molecule has 4 rings (SSSR count). The Bertz CT molecular complexity index is 876. The molecule has 0 saturated carbocycles. The van der Waals surface area contributed by atoms with Crippen LogP contribution in [0, 0.1) is 4.77 Å². The Labute approximate surface area is 148 Å². The van der Waals surface area contributed by atoms with Crippen LogP contribution in [0.15, 0.2) is 67.0 Å². The maximum atomic E-state index is 5.75. The SMILES string of the molecule is S=c1n(CCc2ccccc2)ccn1C1CCc2ccccc2C1. The van der Waals surface area contributed by atoms with Crippen LogP contribution in [0.4, 0.5) is 0 Å². The minimum atomic E-state index is 0.491. The molecule has 0 radical (unpaired) electrons. The number of hydrogen-bond donors (Lipinski definition) is 0. The van der Waals surface area contributed by atoms with Crippen molar-refractivity contribution >= 4 is 12.2 Å². The van der Waals surface area contributed by atoms with Crippen LogP contribution in [0.3, 0.4) is 0 Å². The fourth-order valence-corrected chi connectivity index (χ4v) is 4.05. The Kier molecular flexibility index (Phi) is 4.35. The number of imidazole rings is 1. The molecule has 1 atom stereocenters. The van der Waals surface area contributed by atoms with Gasteiger partial charge in [0, 0.05) is 25.0 Å².